The van der Waals surface area contributed by atoms with E-state index in [4.69, 9.17) is 23.2 Å². The van der Waals surface area contributed by atoms with Crippen LogP contribution in [0.25, 0.3) is 0 Å². The third-order valence-electron chi connectivity index (χ3n) is 8.97. The molecule has 2 N–H and O–H groups in total. The van der Waals surface area contributed by atoms with Crippen molar-refractivity contribution in [2.75, 3.05) is 26.2 Å². The number of fused-ring (bicyclic) bond motifs is 1. The average molecular weight is 596 g/mol. The molecule has 1 aromatic carbocycles. The highest BCUT2D eigenvalue weighted by molar-refractivity contribution is 6.35. The van der Waals surface area contributed by atoms with Crippen molar-refractivity contribution < 1.29 is 19.6 Å². The van der Waals surface area contributed by atoms with E-state index in [-0.39, 0.29) is 18.4 Å². The minimum absolute atomic E-state index is 0.0720. The van der Waals surface area contributed by atoms with Crippen LogP contribution < -0.4 is 5.32 Å². The summed E-state index contributed by atoms with van der Waals surface area (Å²) in [7, 11) is 0. The number of carbonyl (C=O) groups is 3. The van der Waals surface area contributed by atoms with E-state index in [0.29, 0.717) is 53.0 Å². The second-order valence-electron chi connectivity index (χ2n) is 12.9. The maximum Gasteiger partial charge on any atom is 0.245 e. The molecule has 2 fully saturated rings. The lowest BCUT2D eigenvalue weighted by Gasteiger charge is -2.43. The molecule has 0 spiro atoms. The van der Waals surface area contributed by atoms with E-state index >= 15 is 0 Å². The summed E-state index contributed by atoms with van der Waals surface area (Å²) in [5.74, 6) is -0.519. The summed E-state index contributed by atoms with van der Waals surface area (Å²) in [5.41, 5.74) is 1.86. The summed E-state index contributed by atoms with van der Waals surface area (Å²) in [6, 6.07) is 3.48. The molecule has 0 radical (unpaired) electrons. The van der Waals surface area contributed by atoms with Gasteiger partial charge in [0.15, 0.2) is 0 Å². The number of hydrogen-bond donors (Lipinski definition) is 2. The normalized spacial score (nSPS) is 20.6. The lowest BCUT2D eigenvalue weighted by molar-refractivity contribution is -0.156. The molecule has 1 aliphatic carbocycles. The fraction of sp³-hybridized carbons (Fsp3) is 0.700. The number of nitrogens with zero attached hydrogens (tertiary/aromatic N) is 3. The summed E-state index contributed by atoms with van der Waals surface area (Å²) in [6.45, 7) is 8.79. The van der Waals surface area contributed by atoms with Gasteiger partial charge in [0.1, 0.15) is 6.04 Å². The predicted octanol–water partition coefficient (Wildman–Crippen LogP) is 4.92. The molecule has 0 unspecified atom stereocenters. The van der Waals surface area contributed by atoms with Gasteiger partial charge < -0.3 is 10.2 Å². The molecular weight excluding hydrogens is 551 g/mol. The van der Waals surface area contributed by atoms with Gasteiger partial charge in [0, 0.05) is 42.3 Å². The zero-order valence-electron chi connectivity index (χ0n) is 24.0. The number of carbonyl (C=O) groups excluding carboxylic acids is 3. The van der Waals surface area contributed by atoms with E-state index in [0.717, 1.165) is 63.6 Å². The average Bonchev–Trinajstić information content (AvgIpc) is 3.43. The van der Waals surface area contributed by atoms with Crippen LogP contribution in [0.15, 0.2) is 12.1 Å². The molecule has 8 nitrogen and oxygen atoms in total. The van der Waals surface area contributed by atoms with Gasteiger partial charge in [-0.25, -0.2) is 5.06 Å². The second kappa shape index (κ2) is 13.4. The minimum atomic E-state index is -0.698. The molecule has 2 heterocycles. The van der Waals surface area contributed by atoms with Gasteiger partial charge in [-0.15, -0.1) is 0 Å². The molecule has 222 valence electrons. The Bertz CT molecular complexity index is 1060. The van der Waals surface area contributed by atoms with Crippen LogP contribution in [0.5, 0.6) is 0 Å². The Morgan fingerprint density at radius 2 is 1.80 bits per heavy atom. The predicted molar refractivity (Wildman–Crippen MR) is 156 cm³/mol. The Morgan fingerprint density at radius 1 is 1.12 bits per heavy atom. The zero-order chi connectivity index (χ0) is 29.0. The van der Waals surface area contributed by atoms with Crippen molar-refractivity contribution in [3.05, 3.63) is 33.3 Å². The molecule has 10 heteroatoms. The summed E-state index contributed by atoms with van der Waals surface area (Å²) in [4.78, 5) is 42.7. The van der Waals surface area contributed by atoms with E-state index in [9.17, 15) is 19.6 Å². The molecule has 1 saturated carbocycles. The fourth-order valence-electron chi connectivity index (χ4n) is 6.64. The number of amides is 3. The van der Waals surface area contributed by atoms with Gasteiger partial charge >= 0.3 is 0 Å². The standard InChI is InChI=1S/C30H44Cl2N4O4/c1-30(2,3)27(33-28(38)22(17-36(40)19-37)14-20-6-4-5-7-20)29(39)34-12-9-24(10-13-34)35-11-8-21-15-23(31)16-26(32)25(21)18-35/h15-16,19-20,22,24,27,40H,4-14,17-18H2,1-3H3,(H,33,38)/t22-,27-/m1/s1. The first-order chi connectivity index (χ1) is 19.0. The van der Waals surface area contributed by atoms with Gasteiger partial charge in [0.2, 0.25) is 18.2 Å². The van der Waals surface area contributed by atoms with Gasteiger partial charge in [0.05, 0.1) is 12.5 Å². The van der Waals surface area contributed by atoms with E-state index in [1.54, 1.807) is 0 Å². The largest absolute Gasteiger partial charge is 0.344 e. The van der Waals surface area contributed by atoms with Crippen molar-refractivity contribution in [1.29, 1.82) is 0 Å². The number of halogens is 2. The van der Waals surface area contributed by atoms with Crippen molar-refractivity contribution in [2.45, 2.75) is 90.8 Å². The van der Waals surface area contributed by atoms with Crippen LogP contribution in [-0.2, 0) is 27.3 Å². The van der Waals surface area contributed by atoms with E-state index in [1.165, 1.54) is 5.56 Å². The number of likely N-dealkylation sites (tertiary alicyclic amines) is 1. The van der Waals surface area contributed by atoms with Gasteiger partial charge in [-0.2, -0.15) is 0 Å². The first-order valence-electron chi connectivity index (χ1n) is 14.7. The van der Waals surface area contributed by atoms with E-state index in [2.05, 4.69) is 10.2 Å². The number of nitrogens with one attached hydrogen (secondary N) is 1. The molecule has 4 rings (SSSR count). The minimum Gasteiger partial charge on any atom is -0.344 e. The van der Waals surface area contributed by atoms with Crippen molar-refractivity contribution in [3.8, 4) is 0 Å². The highest BCUT2D eigenvalue weighted by Gasteiger charge is 2.39. The molecule has 0 bridgehead atoms. The summed E-state index contributed by atoms with van der Waals surface area (Å²) >= 11 is 12.7. The Balaban J connectivity index is 1.37. The third-order valence-corrected chi connectivity index (χ3v) is 9.52. The molecule has 1 aromatic rings. The van der Waals surface area contributed by atoms with Crippen LogP contribution in [0.2, 0.25) is 10.0 Å². The topological polar surface area (TPSA) is 93.2 Å². The van der Waals surface area contributed by atoms with Crippen LogP contribution in [0.4, 0.5) is 0 Å². The number of hydroxylamine groups is 2. The van der Waals surface area contributed by atoms with Gasteiger partial charge in [-0.05, 0) is 60.3 Å². The van der Waals surface area contributed by atoms with E-state index < -0.39 is 17.4 Å². The third kappa shape index (κ3) is 7.69. The van der Waals surface area contributed by atoms with Gasteiger partial charge in [-0.1, -0.05) is 69.7 Å². The highest BCUT2D eigenvalue weighted by atomic mass is 35.5. The van der Waals surface area contributed by atoms with Crippen LogP contribution in [0, 0.1) is 17.3 Å². The Kier molecular flexibility index (Phi) is 10.4. The van der Waals surface area contributed by atoms with Crippen molar-refractivity contribution >= 4 is 41.4 Å². The van der Waals surface area contributed by atoms with Crippen molar-refractivity contribution in [1.82, 2.24) is 20.2 Å². The monoisotopic (exact) mass is 594 g/mol. The number of benzene rings is 1. The molecule has 0 aromatic heterocycles. The number of rotatable bonds is 9. The zero-order valence-corrected chi connectivity index (χ0v) is 25.5. The Morgan fingerprint density at radius 3 is 2.42 bits per heavy atom. The van der Waals surface area contributed by atoms with Gasteiger partial charge in [-0.3, -0.25) is 24.5 Å². The molecule has 40 heavy (non-hydrogen) atoms. The maximum atomic E-state index is 13.8. The summed E-state index contributed by atoms with van der Waals surface area (Å²) < 4.78 is 0. The maximum absolute atomic E-state index is 13.8. The van der Waals surface area contributed by atoms with Crippen LogP contribution >= 0.6 is 23.2 Å². The lowest BCUT2D eigenvalue weighted by Crippen LogP contribution is -2.58. The molecule has 2 aliphatic heterocycles. The molecule has 3 aliphatic rings. The molecule has 2 atom stereocenters. The highest BCUT2D eigenvalue weighted by Crippen LogP contribution is 2.33. The van der Waals surface area contributed by atoms with Crippen molar-refractivity contribution in [3.63, 3.8) is 0 Å². The molecule has 3 amide bonds. The Labute approximate surface area is 248 Å². The first kappa shape index (κ1) is 31.1. The first-order valence-corrected chi connectivity index (χ1v) is 15.4. The van der Waals surface area contributed by atoms with Crippen LogP contribution in [0.1, 0.15) is 76.8 Å². The van der Waals surface area contributed by atoms with Crippen LogP contribution in [-0.4, -0.2) is 76.6 Å². The Hall–Kier alpha value is -1.87. The van der Waals surface area contributed by atoms with Gasteiger partial charge in [0.25, 0.3) is 0 Å². The number of piperidine rings is 1. The second-order valence-corrected chi connectivity index (χ2v) is 13.8. The SMILES string of the molecule is CC(C)(C)[C@H](NC(=O)[C@H](CC1CCCC1)CN(O)C=O)C(=O)N1CCC(N2CCc3cc(Cl)cc(Cl)c3C2)CC1. The smallest absolute Gasteiger partial charge is 0.245 e. The lowest BCUT2D eigenvalue weighted by atomic mass is 9.84. The number of hydrogen-bond acceptors (Lipinski definition) is 5. The molecule has 1 saturated heterocycles. The van der Waals surface area contributed by atoms with E-state index in [1.807, 2.05) is 37.8 Å². The van der Waals surface area contributed by atoms with Crippen LogP contribution in [0.3, 0.4) is 0 Å². The fourth-order valence-corrected chi connectivity index (χ4v) is 7.23. The summed E-state index contributed by atoms with van der Waals surface area (Å²) in [5, 5.41) is 14.8. The molecular formula is C30H44Cl2N4O4. The summed E-state index contributed by atoms with van der Waals surface area (Å²) in [6.07, 6.45) is 7.94. The quantitative estimate of drug-likeness (QED) is 0.240. The van der Waals surface area contributed by atoms with Crippen molar-refractivity contribution in [2.24, 2.45) is 17.3 Å².